The Morgan fingerprint density at radius 1 is 1.13 bits per heavy atom. The van der Waals surface area contributed by atoms with Gasteiger partial charge in [-0.3, -0.25) is 19.1 Å². The van der Waals surface area contributed by atoms with Gasteiger partial charge in [-0.15, -0.1) is 0 Å². The van der Waals surface area contributed by atoms with E-state index in [-0.39, 0.29) is 23.4 Å². The molecule has 1 saturated heterocycles. The van der Waals surface area contributed by atoms with E-state index in [0.29, 0.717) is 51.3 Å². The van der Waals surface area contributed by atoms with E-state index in [1.165, 1.54) is 0 Å². The van der Waals surface area contributed by atoms with Crippen LogP contribution in [0.2, 0.25) is 0 Å². The zero-order valence-electron chi connectivity index (χ0n) is 17.7. The second-order valence-corrected chi connectivity index (χ2v) is 7.81. The van der Waals surface area contributed by atoms with Crippen LogP contribution in [0.1, 0.15) is 45.8 Å². The maximum absolute atomic E-state index is 12.9. The maximum Gasteiger partial charge on any atom is 0.272 e. The normalized spacial score (nSPS) is 15.9. The highest BCUT2D eigenvalue weighted by Crippen LogP contribution is 2.18. The van der Waals surface area contributed by atoms with Crippen molar-refractivity contribution >= 4 is 17.7 Å². The van der Waals surface area contributed by atoms with E-state index in [9.17, 15) is 14.4 Å². The fourth-order valence-electron chi connectivity index (χ4n) is 3.95. The Morgan fingerprint density at radius 2 is 1.94 bits per heavy atom. The van der Waals surface area contributed by atoms with Crippen LogP contribution in [0.25, 0.3) is 0 Å². The summed E-state index contributed by atoms with van der Waals surface area (Å²) < 4.78 is 6.77. The minimum atomic E-state index is -0.302. The Morgan fingerprint density at radius 3 is 2.65 bits per heavy atom. The molecule has 0 aliphatic carbocycles. The Balaban J connectivity index is 1.31. The largest absolute Gasteiger partial charge is 0.497 e. The summed E-state index contributed by atoms with van der Waals surface area (Å²) in [6, 6.07) is 9.17. The lowest BCUT2D eigenvalue weighted by Gasteiger charge is -2.27. The number of rotatable bonds is 8. The summed E-state index contributed by atoms with van der Waals surface area (Å²) in [5.74, 6) is 0.519. The molecule has 3 amide bonds. The van der Waals surface area contributed by atoms with Crippen molar-refractivity contribution in [2.24, 2.45) is 0 Å². The van der Waals surface area contributed by atoms with Crippen LogP contribution >= 0.6 is 0 Å². The number of aromatic nitrogens is 2. The van der Waals surface area contributed by atoms with Crippen LogP contribution in [0.4, 0.5) is 0 Å². The van der Waals surface area contributed by atoms with Gasteiger partial charge in [0.1, 0.15) is 11.4 Å². The molecule has 0 saturated carbocycles. The molecule has 2 aromatic rings. The van der Waals surface area contributed by atoms with Gasteiger partial charge in [-0.05, 0) is 30.5 Å². The molecule has 3 heterocycles. The lowest BCUT2D eigenvalue weighted by molar-refractivity contribution is -0.127. The van der Waals surface area contributed by atoms with Gasteiger partial charge in [-0.1, -0.05) is 12.1 Å². The van der Waals surface area contributed by atoms with E-state index >= 15 is 0 Å². The minimum Gasteiger partial charge on any atom is -0.497 e. The van der Waals surface area contributed by atoms with E-state index in [0.717, 1.165) is 24.3 Å². The van der Waals surface area contributed by atoms with Crippen molar-refractivity contribution < 1.29 is 19.1 Å². The average molecular weight is 425 g/mol. The number of amides is 3. The second-order valence-electron chi connectivity index (χ2n) is 7.81. The molecule has 4 rings (SSSR count). The van der Waals surface area contributed by atoms with Gasteiger partial charge in [-0.25, -0.2) is 0 Å². The van der Waals surface area contributed by atoms with Gasteiger partial charge in [0, 0.05) is 45.2 Å². The first-order valence-corrected chi connectivity index (χ1v) is 10.6. The molecule has 1 fully saturated rings. The zero-order valence-corrected chi connectivity index (χ0v) is 17.7. The molecule has 9 nitrogen and oxygen atoms in total. The highest BCUT2D eigenvalue weighted by atomic mass is 16.5. The van der Waals surface area contributed by atoms with Crippen LogP contribution in [-0.2, 0) is 17.9 Å². The van der Waals surface area contributed by atoms with E-state index < -0.39 is 0 Å². The third kappa shape index (κ3) is 4.70. The molecular formula is C22H27N5O4. The highest BCUT2D eigenvalue weighted by Gasteiger charge is 2.28. The molecule has 0 radical (unpaired) electrons. The molecule has 9 heteroatoms. The standard InChI is InChI=1S/C22H27N5O4/c1-31-17-7-5-16(6-8-17)15-26-12-13-27-19(22(26)30)14-18(24-27)21(29)23-9-3-11-25-10-2-4-20(25)28/h5-8,14H,2-4,9-13,15H2,1H3,(H,23,29). The average Bonchev–Trinajstić information content (AvgIpc) is 3.40. The number of hydrogen-bond donors (Lipinski definition) is 1. The van der Waals surface area contributed by atoms with Crippen molar-refractivity contribution in [1.82, 2.24) is 24.9 Å². The first kappa shape index (κ1) is 20.9. The third-order valence-electron chi connectivity index (χ3n) is 5.69. The van der Waals surface area contributed by atoms with Crippen molar-refractivity contribution in [3.8, 4) is 5.75 Å². The number of hydrogen-bond acceptors (Lipinski definition) is 5. The van der Waals surface area contributed by atoms with Crippen molar-refractivity contribution in [3.63, 3.8) is 0 Å². The van der Waals surface area contributed by atoms with Gasteiger partial charge in [-0.2, -0.15) is 5.10 Å². The van der Waals surface area contributed by atoms with Crippen LogP contribution in [-0.4, -0.2) is 70.6 Å². The minimum absolute atomic E-state index is 0.138. The van der Waals surface area contributed by atoms with Gasteiger partial charge >= 0.3 is 0 Å². The Labute approximate surface area is 180 Å². The number of nitrogens with zero attached hydrogens (tertiary/aromatic N) is 4. The van der Waals surface area contributed by atoms with Gasteiger partial charge in [0.05, 0.1) is 13.7 Å². The topological polar surface area (TPSA) is 96.8 Å². The van der Waals surface area contributed by atoms with Crippen LogP contribution in [0.15, 0.2) is 30.3 Å². The second kappa shape index (κ2) is 9.20. The Bertz CT molecular complexity index is 969. The van der Waals surface area contributed by atoms with Gasteiger partial charge in [0.15, 0.2) is 5.69 Å². The fraction of sp³-hybridized carbons (Fsp3) is 0.455. The lowest BCUT2D eigenvalue weighted by Crippen LogP contribution is -2.39. The number of likely N-dealkylation sites (tertiary alicyclic amines) is 1. The lowest BCUT2D eigenvalue weighted by atomic mass is 10.1. The van der Waals surface area contributed by atoms with Crippen LogP contribution in [0, 0.1) is 0 Å². The van der Waals surface area contributed by atoms with E-state index in [4.69, 9.17) is 4.74 Å². The monoisotopic (exact) mass is 425 g/mol. The van der Waals surface area contributed by atoms with Crippen molar-refractivity contribution in [1.29, 1.82) is 0 Å². The molecule has 0 bridgehead atoms. The number of carbonyl (C=O) groups is 3. The van der Waals surface area contributed by atoms with Crippen molar-refractivity contribution in [2.45, 2.75) is 32.4 Å². The van der Waals surface area contributed by atoms with Gasteiger partial charge in [0.25, 0.3) is 11.8 Å². The number of ether oxygens (including phenoxy) is 1. The number of methoxy groups -OCH3 is 1. The van der Waals surface area contributed by atoms with Crippen molar-refractivity contribution in [2.75, 3.05) is 33.3 Å². The van der Waals surface area contributed by atoms with Gasteiger partial charge < -0.3 is 19.9 Å². The molecule has 2 aliphatic rings. The van der Waals surface area contributed by atoms with E-state index in [2.05, 4.69) is 10.4 Å². The smallest absolute Gasteiger partial charge is 0.272 e. The predicted octanol–water partition coefficient (Wildman–Crippen LogP) is 1.29. The summed E-state index contributed by atoms with van der Waals surface area (Å²) in [7, 11) is 1.62. The predicted molar refractivity (Wildman–Crippen MR) is 113 cm³/mol. The molecule has 0 unspecified atom stereocenters. The summed E-state index contributed by atoms with van der Waals surface area (Å²) >= 11 is 0. The van der Waals surface area contributed by atoms with Crippen LogP contribution in [0.3, 0.4) is 0 Å². The molecule has 0 atom stereocenters. The van der Waals surface area contributed by atoms with Crippen molar-refractivity contribution in [3.05, 3.63) is 47.3 Å². The first-order valence-electron chi connectivity index (χ1n) is 10.6. The van der Waals surface area contributed by atoms with Crippen LogP contribution < -0.4 is 10.1 Å². The molecule has 1 aromatic heterocycles. The highest BCUT2D eigenvalue weighted by molar-refractivity contribution is 5.98. The van der Waals surface area contributed by atoms with E-state index in [1.54, 1.807) is 22.8 Å². The first-order chi connectivity index (χ1) is 15.0. The van der Waals surface area contributed by atoms with Crippen LogP contribution in [0.5, 0.6) is 5.75 Å². The summed E-state index contributed by atoms with van der Waals surface area (Å²) in [6.45, 7) is 3.48. The molecule has 1 aromatic carbocycles. The third-order valence-corrected chi connectivity index (χ3v) is 5.69. The Kier molecular flexibility index (Phi) is 6.20. The number of nitrogens with one attached hydrogen (secondary N) is 1. The molecule has 164 valence electrons. The zero-order chi connectivity index (χ0) is 21.8. The van der Waals surface area contributed by atoms with E-state index in [1.807, 2.05) is 29.2 Å². The molecule has 1 N–H and O–H groups in total. The SMILES string of the molecule is COc1ccc(CN2CCn3nc(C(=O)NCCCN4CCCC4=O)cc3C2=O)cc1. The maximum atomic E-state index is 12.9. The number of fused-ring (bicyclic) bond motifs is 1. The summed E-state index contributed by atoms with van der Waals surface area (Å²) in [4.78, 5) is 40.6. The Hall–Kier alpha value is -3.36. The fourth-order valence-corrected chi connectivity index (χ4v) is 3.95. The quantitative estimate of drug-likeness (QED) is 0.643. The summed E-state index contributed by atoms with van der Waals surface area (Å²) in [5.41, 5.74) is 1.68. The molecule has 31 heavy (non-hydrogen) atoms. The van der Waals surface area contributed by atoms with Gasteiger partial charge in [0.2, 0.25) is 5.91 Å². The number of benzene rings is 1. The molecule has 0 spiro atoms. The molecule has 2 aliphatic heterocycles. The summed E-state index contributed by atoms with van der Waals surface area (Å²) in [5, 5.41) is 7.14. The number of carbonyl (C=O) groups excluding carboxylic acids is 3. The summed E-state index contributed by atoms with van der Waals surface area (Å²) in [6.07, 6.45) is 2.23. The molecular weight excluding hydrogens is 398 g/mol.